The Morgan fingerprint density at radius 3 is 2.00 bits per heavy atom. The van der Waals surface area contributed by atoms with Crippen molar-refractivity contribution in [3.8, 4) is 0 Å². The Kier molecular flexibility index (Phi) is 4.74. The van der Waals surface area contributed by atoms with Crippen LogP contribution in [0.4, 0.5) is 5.69 Å². The summed E-state index contributed by atoms with van der Waals surface area (Å²) in [5.41, 5.74) is 1.07. The first-order chi connectivity index (χ1) is 14.9. The second-order valence-electron chi connectivity index (χ2n) is 8.06. The molecule has 2 bridgehead atoms. The molecule has 7 heteroatoms. The van der Waals surface area contributed by atoms with Gasteiger partial charge in [-0.2, -0.15) is 0 Å². The van der Waals surface area contributed by atoms with E-state index in [9.17, 15) is 19.2 Å². The fourth-order valence-corrected chi connectivity index (χ4v) is 4.96. The Morgan fingerprint density at radius 1 is 0.871 bits per heavy atom. The van der Waals surface area contributed by atoms with Gasteiger partial charge in [-0.3, -0.25) is 19.3 Å². The molecule has 4 atom stereocenters. The lowest BCUT2D eigenvalue weighted by Gasteiger charge is -2.17. The van der Waals surface area contributed by atoms with E-state index in [0.29, 0.717) is 16.3 Å². The minimum absolute atomic E-state index is 0.142. The van der Waals surface area contributed by atoms with Crippen LogP contribution in [-0.4, -0.2) is 30.2 Å². The Morgan fingerprint density at radius 2 is 1.42 bits per heavy atom. The zero-order valence-corrected chi connectivity index (χ0v) is 17.1. The van der Waals surface area contributed by atoms with Crippen LogP contribution < -0.4 is 4.90 Å². The second-order valence-corrected chi connectivity index (χ2v) is 8.50. The zero-order chi connectivity index (χ0) is 21.7. The van der Waals surface area contributed by atoms with Gasteiger partial charge >= 0.3 is 5.97 Å². The fraction of sp³-hybridized carbons (Fsp3) is 0.250. The predicted molar refractivity (Wildman–Crippen MR) is 113 cm³/mol. The number of carbonyl (C=O) groups excluding carboxylic acids is 4. The molecular formula is C24H18ClNO5. The van der Waals surface area contributed by atoms with E-state index in [1.165, 1.54) is 17.0 Å². The summed E-state index contributed by atoms with van der Waals surface area (Å²) in [6.07, 6.45) is 4.97. The maximum atomic E-state index is 12.9. The number of ketones is 1. The number of carbonyl (C=O) groups is 4. The molecule has 2 fully saturated rings. The Hall–Kier alpha value is -3.25. The lowest BCUT2D eigenvalue weighted by atomic mass is 9.85. The molecule has 1 saturated heterocycles. The van der Waals surface area contributed by atoms with Crippen molar-refractivity contribution in [2.45, 2.75) is 6.42 Å². The minimum atomic E-state index is -0.660. The highest BCUT2D eigenvalue weighted by Crippen LogP contribution is 2.53. The van der Waals surface area contributed by atoms with Crippen LogP contribution in [0.3, 0.4) is 0 Å². The lowest BCUT2D eigenvalue weighted by Crippen LogP contribution is -2.32. The number of hydrogen-bond donors (Lipinski definition) is 0. The summed E-state index contributed by atoms with van der Waals surface area (Å²) in [6.45, 7) is -0.398. The first-order valence-electron chi connectivity index (χ1n) is 10.1. The van der Waals surface area contributed by atoms with E-state index in [2.05, 4.69) is 0 Å². The molecule has 0 aromatic heterocycles. The summed E-state index contributed by atoms with van der Waals surface area (Å²) in [4.78, 5) is 51.4. The molecule has 1 aliphatic heterocycles. The SMILES string of the molecule is O=C(COC(=O)c1ccc(N2C(=O)[C@@H]3[C@@H](C2=O)[C@H]2C=C[C@H]3C2)cc1)c1ccc(Cl)cc1. The van der Waals surface area contributed by atoms with Gasteiger partial charge in [-0.25, -0.2) is 4.79 Å². The predicted octanol–water partition coefficient (Wildman–Crippen LogP) is 3.69. The van der Waals surface area contributed by atoms with Gasteiger partial charge in [0.2, 0.25) is 11.8 Å². The number of rotatable bonds is 5. The average Bonchev–Trinajstić information content (AvgIpc) is 3.46. The van der Waals surface area contributed by atoms with Crippen LogP contribution >= 0.6 is 11.6 Å². The summed E-state index contributed by atoms with van der Waals surface area (Å²) in [5.74, 6) is -1.60. The summed E-state index contributed by atoms with van der Waals surface area (Å²) in [6, 6.07) is 12.4. The standard InChI is InChI=1S/C24H18ClNO5/c25-17-7-3-13(4-8-17)19(27)12-31-24(30)14-5-9-18(10-6-14)26-22(28)20-15-1-2-16(11-15)21(20)23(26)29/h1-10,15-16,20-21H,11-12H2/t15-,16-,20-,21-/m0/s1. The van der Waals surface area contributed by atoms with Crippen LogP contribution in [0.1, 0.15) is 27.1 Å². The van der Waals surface area contributed by atoms with Gasteiger partial charge in [0.15, 0.2) is 12.4 Å². The quantitative estimate of drug-likeness (QED) is 0.309. The Balaban J connectivity index is 1.24. The van der Waals surface area contributed by atoms with E-state index in [4.69, 9.17) is 16.3 Å². The average molecular weight is 436 g/mol. The van der Waals surface area contributed by atoms with Crippen molar-refractivity contribution in [3.05, 3.63) is 76.8 Å². The lowest BCUT2D eigenvalue weighted by molar-refractivity contribution is -0.123. The van der Waals surface area contributed by atoms with Gasteiger partial charge in [0.1, 0.15) is 0 Å². The van der Waals surface area contributed by atoms with E-state index in [1.807, 2.05) is 12.2 Å². The molecule has 2 aliphatic carbocycles. The molecule has 2 aromatic rings. The largest absolute Gasteiger partial charge is 0.454 e. The van der Waals surface area contributed by atoms with Gasteiger partial charge in [0, 0.05) is 10.6 Å². The number of anilines is 1. The summed E-state index contributed by atoms with van der Waals surface area (Å²) in [7, 11) is 0. The zero-order valence-electron chi connectivity index (χ0n) is 16.4. The highest BCUT2D eigenvalue weighted by molar-refractivity contribution is 6.30. The maximum Gasteiger partial charge on any atom is 0.338 e. The van der Waals surface area contributed by atoms with E-state index in [0.717, 1.165) is 6.42 Å². The van der Waals surface area contributed by atoms with Gasteiger partial charge < -0.3 is 4.74 Å². The van der Waals surface area contributed by atoms with Gasteiger partial charge in [-0.05, 0) is 66.8 Å². The first-order valence-corrected chi connectivity index (χ1v) is 10.4. The number of esters is 1. The molecule has 0 N–H and O–H groups in total. The van der Waals surface area contributed by atoms with Crippen LogP contribution in [0.15, 0.2) is 60.7 Å². The molecule has 2 aromatic carbocycles. The highest BCUT2D eigenvalue weighted by atomic mass is 35.5. The number of allylic oxidation sites excluding steroid dienone is 2. The number of nitrogens with zero attached hydrogens (tertiary/aromatic N) is 1. The van der Waals surface area contributed by atoms with Crippen LogP contribution in [0, 0.1) is 23.7 Å². The van der Waals surface area contributed by atoms with Crippen molar-refractivity contribution in [2.75, 3.05) is 11.5 Å². The van der Waals surface area contributed by atoms with E-state index in [-0.39, 0.29) is 46.8 Å². The normalized spacial score (nSPS) is 25.8. The molecule has 156 valence electrons. The van der Waals surface area contributed by atoms with Gasteiger partial charge in [-0.1, -0.05) is 23.8 Å². The molecule has 2 amide bonds. The van der Waals surface area contributed by atoms with Gasteiger partial charge in [-0.15, -0.1) is 0 Å². The monoisotopic (exact) mass is 435 g/mol. The molecule has 0 spiro atoms. The number of ether oxygens (including phenoxy) is 1. The number of amides is 2. The number of hydrogen-bond acceptors (Lipinski definition) is 5. The molecule has 6 nitrogen and oxygen atoms in total. The third-order valence-electron chi connectivity index (χ3n) is 6.33. The van der Waals surface area contributed by atoms with Crippen molar-refractivity contribution >= 4 is 40.9 Å². The van der Waals surface area contributed by atoms with Crippen LogP contribution in [0.5, 0.6) is 0 Å². The fourth-order valence-electron chi connectivity index (χ4n) is 4.84. The molecule has 1 heterocycles. The van der Waals surface area contributed by atoms with Gasteiger partial charge in [0.25, 0.3) is 0 Å². The third-order valence-corrected chi connectivity index (χ3v) is 6.58. The second kappa shape index (κ2) is 7.46. The number of imide groups is 1. The Labute approximate surface area is 183 Å². The van der Waals surface area contributed by atoms with Crippen molar-refractivity contribution in [1.82, 2.24) is 0 Å². The van der Waals surface area contributed by atoms with Crippen LogP contribution in [0.2, 0.25) is 5.02 Å². The van der Waals surface area contributed by atoms with Gasteiger partial charge in [0.05, 0.1) is 23.1 Å². The molecule has 1 saturated carbocycles. The number of halogens is 1. The topological polar surface area (TPSA) is 80.8 Å². The molecule has 0 radical (unpaired) electrons. The Bertz CT molecular complexity index is 1090. The van der Waals surface area contributed by atoms with Crippen LogP contribution in [-0.2, 0) is 14.3 Å². The summed E-state index contributed by atoms with van der Waals surface area (Å²) >= 11 is 5.80. The molecule has 0 unspecified atom stereocenters. The molecule has 3 aliphatic rings. The highest BCUT2D eigenvalue weighted by Gasteiger charge is 2.59. The maximum absolute atomic E-state index is 12.9. The molecular weight excluding hydrogens is 418 g/mol. The molecule has 5 rings (SSSR count). The number of benzene rings is 2. The third kappa shape index (κ3) is 3.27. The van der Waals surface area contributed by atoms with Crippen molar-refractivity contribution in [1.29, 1.82) is 0 Å². The number of Topliss-reactive ketones (excluding diaryl/α,β-unsaturated/α-hetero) is 1. The van der Waals surface area contributed by atoms with E-state index < -0.39 is 12.6 Å². The van der Waals surface area contributed by atoms with Crippen molar-refractivity contribution < 1.29 is 23.9 Å². The summed E-state index contributed by atoms with van der Waals surface area (Å²) in [5, 5.41) is 0.510. The van der Waals surface area contributed by atoms with Crippen molar-refractivity contribution in [2.24, 2.45) is 23.7 Å². The van der Waals surface area contributed by atoms with Crippen molar-refractivity contribution in [3.63, 3.8) is 0 Å². The number of fused-ring (bicyclic) bond motifs is 5. The summed E-state index contributed by atoms with van der Waals surface area (Å²) < 4.78 is 5.10. The minimum Gasteiger partial charge on any atom is -0.454 e. The van der Waals surface area contributed by atoms with Crippen LogP contribution in [0.25, 0.3) is 0 Å². The first kappa shape index (κ1) is 19.7. The van der Waals surface area contributed by atoms with E-state index in [1.54, 1.807) is 36.4 Å². The molecule has 31 heavy (non-hydrogen) atoms. The van der Waals surface area contributed by atoms with E-state index >= 15 is 0 Å². The smallest absolute Gasteiger partial charge is 0.338 e.